The molecule has 0 radical (unpaired) electrons. The number of hydrogen-bond donors (Lipinski definition) is 2. The average molecular weight is 343 g/mol. The molecule has 2 aliphatic rings. The molecule has 0 spiro atoms. The number of benzene rings is 1. The van der Waals surface area contributed by atoms with Gasteiger partial charge in [0.15, 0.2) is 6.61 Å². The van der Waals surface area contributed by atoms with Crippen molar-refractivity contribution in [1.82, 2.24) is 5.43 Å². The summed E-state index contributed by atoms with van der Waals surface area (Å²) in [7, 11) is 0. The van der Waals surface area contributed by atoms with Crippen LogP contribution >= 0.6 is 0 Å². The van der Waals surface area contributed by atoms with Crippen LogP contribution in [0, 0.1) is 0 Å². The summed E-state index contributed by atoms with van der Waals surface area (Å²) >= 11 is 0. The standard InChI is InChI=1S/C15H16F3N3O3/c1-14(23)4-5-21(8-14)11-3-2-9(6-10(11)15(16,17)18)13-20-19-12(22)7-24-13/h2-3,6,23H,4-5,7-8H2,1H3,(H,19,22)/t14-/m0/s1. The number of carbonyl (C=O) groups is 1. The summed E-state index contributed by atoms with van der Waals surface area (Å²) in [4.78, 5) is 12.5. The van der Waals surface area contributed by atoms with Crippen LogP contribution in [-0.4, -0.2) is 42.2 Å². The molecule has 2 N–H and O–H groups in total. The number of anilines is 1. The van der Waals surface area contributed by atoms with Gasteiger partial charge in [-0.1, -0.05) is 0 Å². The molecular formula is C15H16F3N3O3. The second kappa shape index (κ2) is 5.66. The molecule has 24 heavy (non-hydrogen) atoms. The number of nitrogens with one attached hydrogen (secondary N) is 1. The number of ether oxygens (including phenoxy) is 1. The van der Waals surface area contributed by atoms with Gasteiger partial charge in [0.2, 0.25) is 5.90 Å². The number of alkyl halides is 3. The molecule has 1 atom stereocenters. The molecule has 2 heterocycles. The smallest absolute Gasteiger partial charge is 0.418 e. The first-order valence-corrected chi connectivity index (χ1v) is 7.34. The maximum absolute atomic E-state index is 13.5. The molecule has 6 nitrogen and oxygen atoms in total. The third kappa shape index (κ3) is 3.30. The van der Waals surface area contributed by atoms with Crippen LogP contribution in [0.25, 0.3) is 0 Å². The van der Waals surface area contributed by atoms with E-state index in [2.05, 4.69) is 10.5 Å². The van der Waals surface area contributed by atoms with Gasteiger partial charge in [-0.15, -0.1) is 5.10 Å². The predicted octanol–water partition coefficient (Wildman–Crippen LogP) is 1.47. The molecular weight excluding hydrogens is 327 g/mol. The molecule has 0 aromatic heterocycles. The Bertz CT molecular complexity index is 701. The van der Waals surface area contributed by atoms with Gasteiger partial charge in [-0.2, -0.15) is 13.2 Å². The highest BCUT2D eigenvalue weighted by Crippen LogP contribution is 2.39. The van der Waals surface area contributed by atoms with Gasteiger partial charge in [-0.25, -0.2) is 5.43 Å². The van der Waals surface area contributed by atoms with E-state index >= 15 is 0 Å². The Morgan fingerprint density at radius 1 is 1.42 bits per heavy atom. The molecule has 1 fully saturated rings. The molecule has 0 bridgehead atoms. The molecule has 0 aliphatic carbocycles. The van der Waals surface area contributed by atoms with Crippen LogP contribution in [0.1, 0.15) is 24.5 Å². The van der Waals surface area contributed by atoms with Gasteiger partial charge in [0.25, 0.3) is 5.91 Å². The fourth-order valence-corrected chi connectivity index (χ4v) is 2.78. The van der Waals surface area contributed by atoms with Gasteiger partial charge >= 0.3 is 6.18 Å². The molecule has 0 saturated carbocycles. The number of β-amino-alcohol motifs (C(OH)–C–C–N with tert-alkyl or cyclic N) is 1. The molecule has 0 unspecified atom stereocenters. The van der Waals surface area contributed by atoms with Crippen molar-refractivity contribution >= 4 is 17.5 Å². The van der Waals surface area contributed by atoms with E-state index in [4.69, 9.17) is 4.74 Å². The van der Waals surface area contributed by atoms with Crippen molar-refractivity contribution in [3.63, 3.8) is 0 Å². The van der Waals surface area contributed by atoms with Gasteiger partial charge in [-0.05, 0) is 31.5 Å². The van der Waals surface area contributed by atoms with Crippen LogP contribution in [0.5, 0.6) is 0 Å². The quantitative estimate of drug-likeness (QED) is 0.853. The van der Waals surface area contributed by atoms with Crippen LogP contribution < -0.4 is 10.3 Å². The Morgan fingerprint density at radius 3 is 2.71 bits per heavy atom. The topological polar surface area (TPSA) is 74.2 Å². The average Bonchev–Trinajstić information content (AvgIpc) is 2.87. The van der Waals surface area contributed by atoms with Crippen molar-refractivity contribution in [1.29, 1.82) is 0 Å². The van der Waals surface area contributed by atoms with Crippen molar-refractivity contribution in [2.24, 2.45) is 5.10 Å². The second-order valence-corrected chi connectivity index (χ2v) is 6.14. The van der Waals surface area contributed by atoms with E-state index < -0.39 is 23.2 Å². The van der Waals surface area contributed by atoms with Gasteiger partial charge in [-0.3, -0.25) is 4.79 Å². The largest absolute Gasteiger partial charge is 0.466 e. The number of hydrazone groups is 1. The summed E-state index contributed by atoms with van der Waals surface area (Å²) in [5.74, 6) is -0.536. The lowest BCUT2D eigenvalue weighted by atomic mass is 10.1. The van der Waals surface area contributed by atoms with Gasteiger partial charge in [0.1, 0.15) is 0 Å². The van der Waals surface area contributed by atoms with E-state index in [1.165, 1.54) is 17.0 Å². The minimum atomic E-state index is -4.57. The highest BCUT2D eigenvalue weighted by Gasteiger charge is 2.39. The summed E-state index contributed by atoms with van der Waals surface area (Å²) in [6.45, 7) is 1.77. The second-order valence-electron chi connectivity index (χ2n) is 6.14. The molecule has 1 aromatic rings. The SMILES string of the molecule is C[C@]1(O)CCN(c2ccc(C3=NNC(=O)CO3)cc2C(F)(F)F)C1. The Hall–Kier alpha value is -2.29. The van der Waals surface area contributed by atoms with Gasteiger partial charge < -0.3 is 14.7 Å². The number of carbonyl (C=O) groups excluding carboxylic acids is 1. The molecule has 2 aliphatic heterocycles. The monoisotopic (exact) mass is 343 g/mol. The van der Waals surface area contributed by atoms with Gasteiger partial charge in [0.05, 0.1) is 11.2 Å². The molecule has 1 saturated heterocycles. The molecule has 9 heteroatoms. The highest BCUT2D eigenvalue weighted by atomic mass is 19.4. The number of hydrogen-bond acceptors (Lipinski definition) is 5. The van der Waals surface area contributed by atoms with Gasteiger partial charge in [0, 0.05) is 24.3 Å². The predicted molar refractivity (Wildman–Crippen MR) is 79.5 cm³/mol. The third-order valence-corrected chi connectivity index (χ3v) is 3.96. The van der Waals surface area contributed by atoms with E-state index in [0.29, 0.717) is 13.0 Å². The van der Waals surface area contributed by atoms with Crippen molar-refractivity contribution in [3.05, 3.63) is 29.3 Å². The lowest BCUT2D eigenvalue weighted by Gasteiger charge is -2.25. The van der Waals surface area contributed by atoms with E-state index in [1.54, 1.807) is 6.92 Å². The fraction of sp³-hybridized carbons (Fsp3) is 0.467. The Morgan fingerprint density at radius 2 is 2.17 bits per heavy atom. The number of nitrogens with zero attached hydrogens (tertiary/aromatic N) is 2. The summed E-state index contributed by atoms with van der Waals surface area (Å²) in [6, 6.07) is 3.73. The minimum Gasteiger partial charge on any atom is -0.466 e. The maximum Gasteiger partial charge on any atom is 0.418 e. The molecule has 130 valence electrons. The minimum absolute atomic E-state index is 0.00414. The summed E-state index contributed by atoms with van der Waals surface area (Å²) in [5, 5.41) is 13.6. The van der Waals surface area contributed by atoms with E-state index in [1.807, 2.05) is 0 Å². The Labute approximate surface area is 135 Å². The Kier molecular flexibility index (Phi) is 3.90. The number of amides is 1. The molecule has 1 aromatic carbocycles. The van der Waals surface area contributed by atoms with Crippen molar-refractivity contribution in [2.75, 3.05) is 24.6 Å². The van der Waals surface area contributed by atoms with Crippen molar-refractivity contribution in [3.8, 4) is 0 Å². The summed E-state index contributed by atoms with van der Waals surface area (Å²) in [5.41, 5.74) is 0.451. The zero-order chi connectivity index (χ0) is 17.5. The lowest BCUT2D eigenvalue weighted by molar-refractivity contribution is -0.137. The maximum atomic E-state index is 13.5. The first kappa shape index (κ1) is 16.6. The van der Waals surface area contributed by atoms with Crippen LogP contribution in [0.2, 0.25) is 0 Å². The zero-order valence-electron chi connectivity index (χ0n) is 12.9. The number of aliphatic hydroxyl groups is 1. The molecule has 3 rings (SSSR count). The van der Waals surface area contributed by atoms with Crippen molar-refractivity contribution < 1.29 is 27.8 Å². The summed E-state index contributed by atoms with van der Waals surface area (Å²) < 4.78 is 45.5. The normalized spacial score (nSPS) is 24.5. The summed E-state index contributed by atoms with van der Waals surface area (Å²) in [6.07, 6.45) is -4.17. The van der Waals surface area contributed by atoms with E-state index in [0.717, 1.165) is 6.07 Å². The van der Waals surface area contributed by atoms with Crippen LogP contribution in [-0.2, 0) is 15.7 Å². The zero-order valence-corrected chi connectivity index (χ0v) is 12.9. The fourth-order valence-electron chi connectivity index (χ4n) is 2.78. The van der Waals surface area contributed by atoms with E-state index in [-0.39, 0.29) is 30.3 Å². The van der Waals surface area contributed by atoms with Crippen LogP contribution in [0.15, 0.2) is 23.3 Å². The van der Waals surface area contributed by atoms with Crippen LogP contribution in [0.3, 0.4) is 0 Å². The third-order valence-electron chi connectivity index (χ3n) is 3.96. The highest BCUT2D eigenvalue weighted by molar-refractivity contribution is 5.98. The molecule has 1 amide bonds. The van der Waals surface area contributed by atoms with E-state index in [9.17, 15) is 23.1 Å². The first-order chi connectivity index (χ1) is 11.2. The first-order valence-electron chi connectivity index (χ1n) is 7.34. The number of rotatable bonds is 2. The number of halogens is 3. The Balaban J connectivity index is 1.98. The van der Waals surface area contributed by atoms with Crippen molar-refractivity contribution in [2.45, 2.75) is 25.1 Å². The lowest BCUT2D eigenvalue weighted by Crippen LogP contribution is -2.32. The van der Waals surface area contributed by atoms with Crippen LogP contribution in [0.4, 0.5) is 18.9 Å².